The van der Waals surface area contributed by atoms with Gasteiger partial charge in [-0.15, -0.1) is 0 Å². The van der Waals surface area contributed by atoms with Gasteiger partial charge in [0, 0.05) is 0 Å². The van der Waals surface area contributed by atoms with Gasteiger partial charge in [0.25, 0.3) is 0 Å². The third-order valence-electron chi connectivity index (χ3n) is 3.71. The van der Waals surface area contributed by atoms with Gasteiger partial charge in [0.1, 0.15) is 0 Å². The van der Waals surface area contributed by atoms with Gasteiger partial charge < -0.3 is 10.2 Å². The zero-order chi connectivity index (χ0) is 15.3. The Balaban J connectivity index is 0.000000444. The SMILES string of the molecule is CC(C)c1ccc(C=CC2CC2(C)C)cc1.O=C(O)O. The molecule has 1 aromatic carbocycles. The third kappa shape index (κ3) is 5.47. The van der Waals surface area contributed by atoms with Gasteiger partial charge in [0.15, 0.2) is 0 Å². The van der Waals surface area contributed by atoms with Crippen molar-refractivity contribution >= 4 is 12.2 Å². The highest BCUT2D eigenvalue weighted by Crippen LogP contribution is 2.52. The molecule has 0 aromatic heterocycles. The van der Waals surface area contributed by atoms with Crippen molar-refractivity contribution in [3.63, 3.8) is 0 Å². The summed E-state index contributed by atoms with van der Waals surface area (Å²) >= 11 is 0. The molecule has 1 fully saturated rings. The predicted octanol–water partition coefficient (Wildman–Crippen LogP) is 5.09. The molecule has 3 heteroatoms. The molecule has 110 valence electrons. The maximum Gasteiger partial charge on any atom is 0.503 e. The number of hydrogen-bond donors (Lipinski definition) is 2. The summed E-state index contributed by atoms with van der Waals surface area (Å²) in [6, 6.07) is 8.92. The summed E-state index contributed by atoms with van der Waals surface area (Å²) in [5, 5.41) is 13.9. The van der Waals surface area contributed by atoms with E-state index in [9.17, 15) is 0 Å². The second-order valence-electron chi connectivity index (χ2n) is 6.26. The first-order valence-electron chi connectivity index (χ1n) is 6.92. The first-order chi connectivity index (χ1) is 9.22. The Morgan fingerprint density at radius 2 is 1.70 bits per heavy atom. The van der Waals surface area contributed by atoms with Crippen molar-refractivity contribution in [3.8, 4) is 0 Å². The van der Waals surface area contributed by atoms with E-state index in [1.165, 1.54) is 17.5 Å². The predicted molar refractivity (Wildman–Crippen MR) is 82.1 cm³/mol. The fourth-order valence-electron chi connectivity index (χ4n) is 2.06. The van der Waals surface area contributed by atoms with Gasteiger partial charge >= 0.3 is 6.16 Å². The van der Waals surface area contributed by atoms with Crippen LogP contribution in [0.3, 0.4) is 0 Å². The molecule has 20 heavy (non-hydrogen) atoms. The van der Waals surface area contributed by atoms with Crippen LogP contribution in [0.4, 0.5) is 4.79 Å². The van der Waals surface area contributed by atoms with E-state index in [1.807, 2.05) is 0 Å². The third-order valence-corrected chi connectivity index (χ3v) is 3.71. The van der Waals surface area contributed by atoms with Crippen molar-refractivity contribution < 1.29 is 15.0 Å². The van der Waals surface area contributed by atoms with E-state index in [-0.39, 0.29) is 0 Å². The van der Waals surface area contributed by atoms with Crippen molar-refractivity contribution in [2.45, 2.75) is 40.0 Å². The van der Waals surface area contributed by atoms with Crippen LogP contribution in [0.15, 0.2) is 30.3 Å². The Hall–Kier alpha value is -1.77. The van der Waals surface area contributed by atoms with Crippen LogP contribution in [0.5, 0.6) is 0 Å². The zero-order valence-corrected chi connectivity index (χ0v) is 12.6. The maximum atomic E-state index is 8.56. The molecule has 1 aliphatic rings. The average molecular weight is 276 g/mol. The molecule has 0 radical (unpaired) electrons. The molecule has 0 amide bonds. The minimum Gasteiger partial charge on any atom is -0.450 e. The van der Waals surface area contributed by atoms with Crippen molar-refractivity contribution in [1.29, 1.82) is 0 Å². The number of hydrogen-bond acceptors (Lipinski definition) is 1. The van der Waals surface area contributed by atoms with Crippen LogP contribution in [-0.4, -0.2) is 16.4 Å². The van der Waals surface area contributed by atoms with Gasteiger partial charge in [-0.05, 0) is 34.8 Å². The molecule has 1 saturated carbocycles. The lowest BCUT2D eigenvalue weighted by atomic mass is 10.0. The van der Waals surface area contributed by atoms with E-state index in [2.05, 4.69) is 64.1 Å². The molecule has 0 bridgehead atoms. The fraction of sp³-hybridized carbons (Fsp3) is 0.471. The van der Waals surface area contributed by atoms with Gasteiger partial charge in [0.05, 0.1) is 0 Å². The number of rotatable bonds is 3. The molecule has 1 aromatic rings. The normalized spacial score (nSPS) is 19.6. The molecule has 1 aliphatic carbocycles. The zero-order valence-electron chi connectivity index (χ0n) is 12.6. The second kappa shape index (κ2) is 6.60. The average Bonchev–Trinajstić information content (AvgIpc) is 2.94. The molecule has 0 saturated heterocycles. The molecule has 1 atom stereocenters. The summed E-state index contributed by atoms with van der Waals surface area (Å²) in [7, 11) is 0. The lowest BCUT2D eigenvalue weighted by Gasteiger charge is -2.04. The van der Waals surface area contributed by atoms with Crippen LogP contribution in [0.25, 0.3) is 6.08 Å². The lowest BCUT2D eigenvalue weighted by molar-refractivity contribution is 0.137. The summed E-state index contributed by atoms with van der Waals surface area (Å²) in [4.78, 5) is 8.56. The van der Waals surface area contributed by atoms with Gasteiger partial charge in [-0.3, -0.25) is 0 Å². The molecular formula is C17H24O3. The van der Waals surface area contributed by atoms with Gasteiger partial charge in [-0.2, -0.15) is 0 Å². The Morgan fingerprint density at radius 1 is 1.25 bits per heavy atom. The molecule has 1 unspecified atom stereocenters. The lowest BCUT2D eigenvalue weighted by Crippen LogP contribution is -1.87. The van der Waals surface area contributed by atoms with Crippen LogP contribution >= 0.6 is 0 Å². The van der Waals surface area contributed by atoms with E-state index < -0.39 is 6.16 Å². The molecule has 2 rings (SSSR count). The van der Waals surface area contributed by atoms with Crippen LogP contribution in [0, 0.1) is 11.3 Å². The first-order valence-corrected chi connectivity index (χ1v) is 6.92. The van der Waals surface area contributed by atoms with Gasteiger partial charge in [0.2, 0.25) is 0 Å². The smallest absolute Gasteiger partial charge is 0.450 e. The van der Waals surface area contributed by atoms with Gasteiger partial charge in [-0.25, -0.2) is 4.79 Å². The van der Waals surface area contributed by atoms with Crippen molar-refractivity contribution in [2.75, 3.05) is 0 Å². The summed E-state index contributed by atoms with van der Waals surface area (Å²) in [5.74, 6) is 1.41. The Morgan fingerprint density at radius 3 is 2.05 bits per heavy atom. The molecule has 0 spiro atoms. The highest BCUT2D eigenvalue weighted by atomic mass is 16.6. The highest BCUT2D eigenvalue weighted by molar-refractivity contribution is 5.53. The first kappa shape index (κ1) is 16.3. The number of benzene rings is 1. The summed E-state index contributed by atoms with van der Waals surface area (Å²) in [6.45, 7) is 9.14. The fourth-order valence-corrected chi connectivity index (χ4v) is 2.06. The van der Waals surface area contributed by atoms with Crippen molar-refractivity contribution in [3.05, 3.63) is 41.5 Å². The van der Waals surface area contributed by atoms with E-state index in [4.69, 9.17) is 15.0 Å². The van der Waals surface area contributed by atoms with Crippen LogP contribution in [0.2, 0.25) is 0 Å². The summed E-state index contributed by atoms with van der Waals surface area (Å²) in [5.41, 5.74) is 3.30. The Bertz CT molecular complexity index is 466. The van der Waals surface area contributed by atoms with E-state index in [1.54, 1.807) is 0 Å². The quantitative estimate of drug-likeness (QED) is 0.808. The summed E-state index contributed by atoms with van der Waals surface area (Å²) in [6.07, 6.45) is 4.14. The molecule has 2 N–H and O–H groups in total. The maximum absolute atomic E-state index is 8.56. The second-order valence-corrected chi connectivity index (χ2v) is 6.26. The Kier molecular flexibility index (Phi) is 5.37. The highest BCUT2D eigenvalue weighted by Gasteiger charge is 2.43. The van der Waals surface area contributed by atoms with E-state index >= 15 is 0 Å². The van der Waals surface area contributed by atoms with Crippen molar-refractivity contribution in [1.82, 2.24) is 0 Å². The Labute approximate surface area is 121 Å². The molecule has 0 heterocycles. The van der Waals surface area contributed by atoms with Crippen LogP contribution in [0.1, 0.15) is 51.2 Å². The topological polar surface area (TPSA) is 57.5 Å². The standard InChI is InChI=1S/C16H22.CH2O3/c1-12(2)14-8-5-13(6-9-14)7-10-15-11-16(15,3)4;2-1(3)4/h5-10,12,15H,11H2,1-4H3;(H2,2,3,4). The van der Waals surface area contributed by atoms with Crippen LogP contribution in [-0.2, 0) is 0 Å². The molecular weight excluding hydrogens is 252 g/mol. The number of allylic oxidation sites excluding steroid dienone is 1. The molecule has 0 aliphatic heterocycles. The molecule has 3 nitrogen and oxygen atoms in total. The minimum atomic E-state index is -1.83. The van der Waals surface area contributed by atoms with Crippen molar-refractivity contribution in [2.24, 2.45) is 11.3 Å². The number of carbonyl (C=O) groups is 1. The van der Waals surface area contributed by atoms with E-state index in [0.29, 0.717) is 11.3 Å². The summed E-state index contributed by atoms with van der Waals surface area (Å²) < 4.78 is 0. The van der Waals surface area contributed by atoms with E-state index in [0.717, 1.165) is 5.92 Å². The minimum absolute atomic E-state index is 0.550. The van der Waals surface area contributed by atoms with Gasteiger partial charge in [-0.1, -0.05) is 64.1 Å². The largest absolute Gasteiger partial charge is 0.503 e. The van der Waals surface area contributed by atoms with Crippen LogP contribution < -0.4 is 0 Å². The monoisotopic (exact) mass is 276 g/mol. The number of carboxylic acid groups (broad SMARTS) is 2.